The van der Waals surface area contributed by atoms with E-state index in [9.17, 15) is 20.0 Å². The third-order valence-electron chi connectivity index (χ3n) is 9.28. The zero-order valence-corrected chi connectivity index (χ0v) is 34.4. The fourth-order valence-electron chi connectivity index (χ4n) is 7.16. The second-order valence-electron chi connectivity index (χ2n) is 13.9. The predicted octanol–water partition coefficient (Wildman–Crippen LogP) is 4.65. The van der Waals surface area contributed by atoms with E-state index in [0.717, 1.165) is 20.8 Å². The van der Waals surface area contributed by atoms with Crippen molar-refractivity contribution in [2.75, 3.05) is 25.7 Å². The van der Waals surface area contributed by atoms with E-state index in [1.807, 2.05) is 23.3 Å². The van der Waals surface area contributed by atoms with Gasteiger partial charge in [0.2, 0.25) is 11.4 Å². The molecular formula is C35H39N5O11S4. The van der Waals surface area contributed by atoms with Crippen LogP contribution in [0.4, 0.5) is 0 Å². The van der Waals surface area contributed by atoms with Gasteiger partial charge in [-0.15, -0.1) is 46.2 Å². The zero-order chi connectivity index (χ0) is 39.5. The number of aromatic nitrogens is 4. The van der Waals surface area contributed by atoms with Crippen LogP contribution in [0.5, 0.6) is 0 Å². The van der Waals surface area contributed by atoms with Crippen molar-refractivity contribution in [1.29, 1.82) is 5.26 Å². The van der Waals surface area contributed by atoms with Crippen LogP contribution in [0.2, 0.25) is 0 Å². The molecule has 4 aliphatic heterocycles. The molecule has 4 saturated heterocycles. The average Bonchev–Trinajstić information content (AvgIpc) is 3.98. The molecule has 0 aliphatic carbocycles. The maximum Gasteiger partial charge on any atom is 0.302 e. The van der Waals surface area contributed by atoms with E-state index in [-0.39, 0.29) is 13.2 Å². The van der Waals surface area contributed by atoms with E-state index in [0.29, 0.717) is 20.8 Å². The van der Waals surface area contributed by atoms with Gasteiger partial charge in [-0.3, -0.25) is 9.59 Å². The lowest BCUT2D eigenvalue weighted by atomic mass is 9.93. The first-order chi connectivity index (χ1) is 26.1. The topological polar surface area (TPSA) is 204 Å². The summed E-state index contributed by atoms with van der Waals surface area (Å²) < 4.78 is 46.4. The zero-order valence-electron chi connectivity index (χ0n) is 31.1. The van der Waals surface area contributed by atoms with Crippen LogP contribution in [0, 0.1) is 11.3 Å². The number of nitrogens with zero attached hydrogens (tertiary/aromatic N) is 5. The highest BCUT2D eigenvalue weighted by Gasteiger charge is 2.66. The molecule has 8 heterocycles. The first kappa shape index (κ1) is 40.1. The van der Waals surface area contributed by atoms with Crippen LogP contribution in [-0.4, -0.2) is 111 Å². The van der Waals surface area contributed by atoms with Gasteiger partial charge in [0.15, 0.2) is 11.6 Å². The summed E-state index contributed by atoms with van der Waals surface area (Å²) in [6, 6.07) is 2.31. The van der Waals surface area contributed by atoms with E-state index in [1.165, 1.54) is 72.7 Å². The van der Waals surface area contributed by atoms with Crippen molar-refractivity contribution >= 4 is 79.9 Å². The summed E-state index contributed by atoms with van der Waals surface area (Å²) in [7, 11) is 0. The average molecular weight is 834 g/mol. The number of hydrogen-bond donors (Lipinski definition) is 1. The van der Waals surface area contributed by atoms with Crippen LogP contribution in [0.1, 0.15) is 51.3 Å². The van der Waals surface area contributed by atoms with Gasteiger partial charge in [-0.05, 0) is 40.2 Å². The molecule has 4 aromatic heterocycles. The van der Waals surface area contributed by atoms with Crippen molar-refractivity contribution in [2.45, 2.75) is 111 Å². The lowest BCUT2D eigenvalue weighted by Gasteiger charge is -2.29. The monoisotopic (exact) mass is 833 g/mol. The normalized spacial score (nSPS) is 31.4. The van der Waals surface area contributed by atoms with Crippen molar-refractivity contribution in [1.82, 2.24) is 19.9 Å². The Bertz CT molecular complexity index is 2160. The minimum absolute atomic E-state index is 0.0201. The first-order valence-corrected chi connectivity index (χ1v) is 21.3. The third-order valence-corrected chi connectivity index (χ3v) is 12.9. The minimum atomic E-state index is -1.76. The molecule has 0 radical (unpaired) electrons. The summed E-state index contributed by atoms with van der Waals surface area (Å²) >= 11 is 5.73. The Labute approximate surface area is 332 Å². The molecule has 8 rings (SSSR count). The lowest BCUT2D eigenvalue weighted by molar-refractivity contribution is -0.282. The van der Waals surface area contributed by atoms with Gasteiger partial charge in [-0.2, -0.15) is 5.26 Å². The molecule has 16 nitrogen and oxygen atoms in total. The third kappa shape index (κ3) is 7.22. The highest BCUT2D eigenvalue weighted by molar-refractivity contribution is 7.99. The highest BCUT2D eigenvalue weighted by Crippen LogP contribution is 2.53. The Kier molecular flexibility index (Phi) is 11.0. The molecular weight excluding hydrogens is 795 g/mol. The van der Waals surface area contributed by atoms with Gasteiger partial charge in [0.25, 0.3) is 0 Å². The van der Waals surface area contributed by atoms with Gasteiger partial charge in [0.1, 0.15) is 78.6 Å². The summed E-state index contributed by atoms with van der Waals surface area (Å²) in [5, 5.41) is 28.9. The van der Waals surface area contributed by atoms with Gasteiger partial charge in [-0.25, -0.2) is 19.9 Å². The molecule has 0 aromatic carbocycles. The van der Waals surface area contributed by atoms with Crippen molar-refractivity contribution in [3.63, 3.8) is 0 Å². The van der Waals surface area contributed by atoms with Gasteiger partial charge in [0, 0.05) is 35.4 Å². The molecule has 0 amide bonds. The number of esters is 2. The number of thiophene rings is 2. The number of carbonyl (C=O) groups is 2. The van der Waals surface area contributed by atoms with Crippen molar-refractivity contribution in [3.8, 4) is 6.07 Å². The molecule has 1 unspecified atom stereocenters. The number of ether oxygens (including phenoxy) is 8. The standard InChI is InChI=1S/C18H19N3O5S2.C17H20N2O6S2/c1-9(22)23-5-11-13-14(26-17(2,3)25-13)18(7-19,24-11)15-12-10(6-28-15)16(27-4)21-8-20-12;1-8(20)22-5-10-12-13(25-16(2,3)24-12)17(21,23-10)14-11-9(6-27-14)15(26-4)19-7-18-11/h6,8,11,13-14H,5H2,1-4H3;6-7,10,12-13,21H,5H2,1-4H3/t11-,13-,14-,18-;10-,12-,13-,17?/m11/s1. The summed E-state index contributed by atoms with van der Waals surface area (Å²) in [6.45, 7) is 9.72. The predicted molar refractivity (Wildman–Crippen MR) is 200 cm³/mol. The van der Waals surface area contributed by atoms with Gasteiger partial charge in [0.05, 0.1) is 20.8 Å². The largest absolute Gasteiger partial charge is 0.463 e. The van der Waals surface area contributed by atoms with Gasteiger partial charge < -0.3 is 43.0 Å². The molecule has 4 aromatic rings. The van der Waals surface area contributed by atoms with Crippen LogP contribution in [0.3, 0.4) is 0 Å². The van der Waals surface area contributed by atoms with Crippen LogP contribution >= 0.6 is 46.2 Å². The van der Waals surface area contributed by atoms with Gasteiger partial charge >= 0.3 is 11.9 Å². The van der Waals surface area contributed by atoms with Gasteiger partial charge in [-0.1, -0.05) is 0 Å². The van der Waals surface area contributed by atoms with Crippen molar-refractivity contribution < 1.29 is 52.6 Å². The maximum atomic E-state index is 11.5. The SMILES string of the molecule is CSc1ncnc2c(C3(O)O[C@H](COC(C)=O)[C@H]4OC(C)(C)O[C@H]43)scc12.CSc1ncnc2c([C@]3(C#N)O[C@H](COC(C)=O)[C@H]4OC(C)(C)O[C@H]43)scc12. The van der Waals surface area contributed by atoms with E-state index < -0.39 is 71.5 Å². The maximum absolute atomic E-state index is 11.5. The second kappa shape index (κ2) is 15.0. The molecule has 0 spiro atoms. The number of rotatable bonds is 8. The molecule has 1 N–H and O–H groups in total. The van der Waals surface area contributed by atoms with E-state index in [2.05, 4.69) is 26.0 Å². The first-order valence-electron chi connectivity index (χ1n) is 17.1. The quantitative estimate of drug-likeness (QED) is 0.146. The minimum Gasteiger partial charge on any atom is -0.463 e. The van der Waals surface area contributed by atoms with E-state index >= 15 is 0 Å². The summed E-state index contributed by atoms with van der Waals surface area (Å²) in [5.41, 5.74) is -0.146. The smallest absolute Gasteiger partial charge is 0.302 e. The Balaban J connectivity index is 0.000000169. The number of thioether (sulfide) groups is 2. The van der Waals surface area contributed by atoms with Crippen LogP contribution in [-0.2, 0) is 58.9 Å². The van der Waals surface area contributed by atoms with Crippen molar-refractivity contribution in [3.05, 3.63) is 33.2 Å². The second-order valence-corrected chi connectivity index (χ2v) is 17.3. The fourth-order valence-corrected chi connectivity index (χ4v) is 10.6. The number of carbonyl (C=O) groups excluding carboxylic acids is 2. The highest BCUT2D eigenvalue weighted by atomic mass is 32.2. The van der Waals surface area contributed by atoms with Crippen LogP contribution < -0.4 is 0 Å². The summed E-state index contributed by atoms with van der Waals surface area (Å²) in [4.78, 5) is 41.0. The number of aliphatic hydroxyl groups is 1. The molecule has 20 heteroatoms. The molecule has 4 fully saturated rings. The number of nitriles is 1. The Morgan fingerprint density at radius 2 is 1.24 bits per heavy atom. The number of hydrogen-bond acceptors (Lipinski definition) is 20. The summed E-state index contributed by atoms with van der Waals surface area (Å²) in [6.07, 6.45) is 2.94. The van der Waals surface area contributed by atoms with E-state index in [1.54, 1.807) is 27.7 Å². The molecule has 294 valence electrons. The van der Waals surface area contributed by atoms with Crippen LogP contribution in [0.15, 0.2) is 33.5 Å². The molecule has 0 saturated carbocycles. The van der Waals surface area contributed by atoms with Crippen LogP contribution in [0.25, 0.3) is 21.8 Å². The fraction of sp³-hybridized carbons (Fsp3) is 0.571. The molecule has 8 atom stereocenters. The molecule has 55 heavy (non-hydrogen) atoms. The lowest BCUT2D eigenvalue weighted by Crippen LogP contribution is -2.40. The van der Waals surface area contributed by atoms with Crippen molar-refractivity contribution in [2.24, 2.45) is 0 Å². The Morgan fingerprint density at radius 1 is 0.764 bits per heavy atom. The Hall–Kier alpha value is -3.07. The summed E-state index contributed by atoms with van der Waals surface area (Å²) in [5.74, 6) is -4.40. The molecule has 4 aliphatic rings. The Morgan fingerprint density at radius 3 is 1.75 bits per heavy atom. The molecule has 0 bridgehead atoms. The number of fused-ring (bicyclic) bond motifs is 4. The van der Waals surface area contributed by atoms with E-state index in [4.69, 9.17) is 37.9 Å².